The lowest BCUT2D eigenvalue weighted by molar-refractivity contribution is -0.140. The third-order valence-corrected chi connectivity index (χ3v) is 2.67. The van der Waals surface area contributed by atoms with Gasteiger partial charge in [0.15, 0.2) is 5.69 Å². The fraction of sp³-hybridized carbons (Fsp3) is 0.364. The molecule has 1 amide bonds. The average Bonchev–Trinajstić information content (AvgIpc) is 2.96. The molecule has 2 heterocycles. The van der Waals surface area contributed by atoms with Crippen LogP contribution in [0, 0.1) is 6.92 Å². The maximum Gasteiger partial charge on any atom is 0.437 e. The van der Waals surface area contributed by atoms with E-state index in [1.165, 1.54) is 24.0 Å². The zero-order chi connectivity index (χ0) is 14.9. The second-order valence-corrected chi connectivity index (χ2v) is 4.11. The molecule has 2 aromatic heterocycles. The molecule has 0 spiro atoms. The number of nitrogens with zero attached hydrogens (tertiary/aromatic N) is 3. The minimum absolute atomic E-state index is 0.133. The van der Waals surface area contributed by atoms with Crippen molar-refractivity contribution in [2.24, 2.45) is 0 Å². The van der Waals surface area contributed by atoms with Crippen LogP contribution in [-0.2, 0) is 12.7 Å². The van der Waals surface area contributed by atoms with Crippen molar-refractivity contribution in [1.82, 2.24) is 20.0 Å². The van der Waals surface area contributed by atoms with E-state index in [4.69, 9.17) is 0 Å². The first-order valence-corrected chi connectivity index (χ1v) is 5.79. The van der Waals surface area contributed by atoms with Crippen LogP contribution in [0.4, 0.5) is 18.9 Å². The summed E-state index contributed by atoms with van der Waals surface area (Å²) in [5.41, 5.74) is -1.20. The van der Waals surface area contributed by atoms with E-state index in [1.807, 2.05) is 6.92 Å². The highest BCUT2D eigenvalue weighted by molar-refractivity contribution is 6.04. The monoisotopic (exact) mass is 287 g/mol. The van der Waals surface area contributed by atoms with Crippen molar-refractivity contribution >= 4 is 11.6 Å². The number of halogens is 3. The number of nitrogens with one attached hydrogen (secondary N) is 2. The Balaban J connectivity index is 2.26. The molecule has 0 aliphatic carbocycles. The van der Waals surface area contributed by atoms with Gasteiger partial charge in [0.1, 0.15) is 0 Å². The number of carbonyl (C=O) groups excluding carboxylic acids is 1. The maximum absolute atomic E-state index is 12.7. The number of aryl methyl sites for hydroxylation is 2. The van der Waals surface area contributed by atoms with Crippen LogP contribution in [0.5, 0.6) is 0 Å². The van der Waals surface area contributed by atoms with E-state index < -0.39 is 17.8 Å². The molecule has 0 aliphatic heterocycles. The molecule has 0 radical (unpaired) electrons. The van der Waals surface area contributed by atoms with Crippen molar-refractivity contribution in [3.8, 4) is 0 Å². The van der Waals surface area contributed by atoms with E-state index in [2.05, 4.69) is 20.6 Å². The van der Waals surface area contributed by atoms with Crippen molar-refractivity contribution in [2.45, 2.75) is 26.6 Å². The Morgan fingerprint density at radius 2 is 2.20 bits per heavy atom. The number of H-pyrrole nitrogens is 1. The highest BCUT2D eigenvalue weighted by Gasteiger charge is 2.38. The van der Waals surface area contributed by atoms with Gasteiger partial charge in [0.2, 0.25) is 0 Å². The molecule has 0 fully saturated rings. The van der Waals surface area contributed by atoms with Gasteiger partial charge in [-0.25, -0.2) is 0 Å². The summed E-state index contributed by atoms with van der Waals surface area (Å²) in [6, 6.07) is 0. The minimum atomic E-state index is -4.64. The largest absolute Gasteiger partial charge is 0.437 e. The van der Waals surface area contributed by atoms with Gasteiger partial charge in [-0.1, -0.05) is 0 Å². The van der Waals surface area contributed by atoms with E-state index in [0.717, 1.165) is 0 Å². The molecule has 0 saturated heterocycles. The third kappa shape index (κ3) is 2.65. The van der Waals surface area contributed by atoms with E-state index in [0.29, 0.717) is 6.54 Å². The summed E-state index contributed by atoms with van der Waals surface area (Å²) >= 11 is 0. The number of carbonyl (C=O) groups is 1. The molecule has 20 heavy (non-hydrogen) atoms. The van der Waals surface area contributed by atoms with E-state index in [1.54, 1.807) is 0 Å². The molecule has 0 saturated carbocycles. The summed E-state index contributed by atoms with van der Waals surface area (Å²) in [5.74, 6) is -0.667. The predicted octanol–water partition coefficient (Wildman–Crippen LogP) is 2.21. The van der Waals surface area contributed by atoms with Gasteiger partial charge in [0.05, 0.1) is 23.1 Å². The van der Waals surface area contributed by atoms with E-state index in [-0.39, 0.29) is 16.9 Å². The fourth-order valence-electron chi connectivity index (χ4n) is 1.63. The van der Waals surface area contributed by atoms with Crippen molar-refractivity contribution < 1.29 is 18.0 Å². The van der Waals surface area contributed by atoms with Gasteiger partial charge in [0.25, 0.3) is 5.91 Å². The average molecular weight is 287 g/mol. The molecule has 108 valence electrons. The predicted molar refractivity (Wildman–Crippen MR) is 64.2 cm³/mol. The number of hydrogen-bond donors (Lipinski definition) is 2. The quantitative estimate of drug-likeness (QED) is 0.908. The van der Waals surface area contributed by atoms with Crippen LogP contribution in [0.15, 0.2) is 12.4 Å². The molecular formula is C11H12F3N5O. The number of hydrogen-bond acceptors (Lipinski definition) is 3. The molecule has 2 rings (SSSR count). The second kappa shape index (κ2) is 4.99. The number of rotatable bonds is 3. The van der Waals surface area contributed by atoms with Gasteiger partial charge in [-0.3, -0.25) is 14.6 Å². The highest BCUT2D eigenvalue weighted by Crippen LogP contribution is 2.34. The van der Waals surface area contributed by atoms with E-state index >= 15 is 0 Å². The first-order chi connectivity index (χ1) is 9.32. The zero-order valence-electron chi connectivity index (χ0n) is 10.7. The minimum Gasteiger partial charge on any atom is -0.318 e. The van der Waals surface area contributed by atoms with Crippen molar-refractivity contribution in [3.05, 3.63) is 29.3 Å². The first kappa shape index (κ1) is 14.1. The summed E-state index contributed by atoms with van der Waals surface area (Å²) in [5, 5.41) is 11.5. The molecule has 0 bridgehead atoms. The van der Waals surface area contributed by atoms with E-state index in [9.17, 15) is 18.0 Å². The Bertz CT molecular complexity index is 628. The third-order valence-electron chi connectivity index (χ3n) is 2.67. The lowest BCUT2D eigenvalue weighted by Gasteiger charge is -2.07. The molecule has 0 unspecified atom stereocenters. The Hall–Kier alpha value is -2.32. The van der Waals surface area contributed by atoms with Crippen LogP contribution in [0.1, 0.15) is 28.7 Å². The van der Waals surface area contributed by atoms with Gasteiger partial charge in [0, 0.05) is 12.7 Å². The molecule has 2 N–H and O–H groups in total. The standard InChI is InChI=1S/C11H12F3N5O/c1-3-19-5-7(4-15-19)10(20)16-8-6(2)17-18-9(8)11(12,13)14/h4-5H,3H2,1-2H3,(H,16,20)(H,17,18). The Labute approximate surface area is 112 Å². The SMILES string of the molecule is CCn1cc(C(=O)Nc2c(C(F)(F)F)n[nH]c2C)cn1. The number of amides is 1. The lowest BCUT2D eigenvalue weighted by Crippen LogP contribution is -2.16. The number of anilines is 1. The molecular weight excluding hydrogens is 275 g/mol. The van der Waals surface area contributed by atoms with Gasteiger partial charge in [-0.15, -0.1) is 0 Å². The normalized spacial score (nSPS) is 11.7. The second-order valence-electron chi connectivity index (χ2n) is 4.11. The Kier molecular flexibility index (Phi) is 3.51. The van der Waals surface area contributed by atoms with Gasteiger partial charge in [-0.2, -0.15) is 23.4 Å². The first-order valence-electron chi connectivity index (χ1n) is 5.79. The smallest absolute Gasteiger partial charge is 0.318 e. The van der Waals surface area contributed by atoms with Crippen molar-refractivity contribution in [1.29, 1.82) is 0 Å². The summed E-state index contributed by atoms with van der Waals surface area (Å²) in [4.78, 5) is 11.9. The Morgan fingerprint density at radius 3 is 2.75 bits per heavy atom. The van der Waals surface area contributed by atoms with Crippen LogP contribution >= 0.6 is 0 Å². The van der Waals surface area contributed by atoms with Gasteiger partial charge < -0.3 is 5.32 Å². The van der Waals surface area contributed by atoms with Crippen molar-refractivity contribution in [3.63, 3.8) is 0 Å². The summed E-state index contributed by atoms with van der Waals surface area (Å²) in [6.45, 7) is 3.79. The molecule has 0 atom stereocenters. The topological polar surface area (TPSA) is 75.6 Å². The van der Waals surface area contributed by atoms with Crippen LogP contribution in [0.3, 0.4) is 0 Å². The lowest BCUT2D eigenvalue weighted by atomic mass is 10.2. The summed E-state index contributed by atoms with van der Waals surface area (Å²) in [6.07, 6.45) is -1.89. The van der Waals surface area contributed by atoms with Crippen molar-refractivity contribution in [2.75, 3.05) is 5.32 Å². The van der Waals surface area contributed by atoms with Crippen LogP contribution in [0.2, 0.25) is 0 Å². The zero-order valence-corrected chi connectivity index (χ0v) is 10.7. The van der Waals surface area contributed by atoms with Gasteiger partial charge >= 0.3 is 6.18 Å². The van der Waals surface area contributed by atoms with Crippen LogP contribution in [0.25, 0.3) is 0 Å². The van der Waals surface area contributed by atoms with Crippen LogP contribution in [-0.4, -0.2) is 25.9 Å². The van der Waals surface area contributed by atoms with Crippen LogP contribution < -0.4 is 5.32 Å². The fourth-order valence-corrected chi connectivity index (χ4v) is 1.63. The highest BCUT2D eigenvalue weighted by atomic mass is 19.4. The number of aromatic nitrogens is 4. The molecule has 2 aromatic rings. The van der Waals surface area contributed by atoms with Gasteiger partial charge in [-0.05, 0) is 13.8 Å². The molecule has 9 heteroatoms. The molecule has 0 aromatic carbocycles. The summed E-state index contributed by atoms with van der Waals surface area (Å²) < 4.78 is 39.7. The Morgan fingerprint density at radius 1 is 1.50 bits per heavy atom. The number of alkyl halides is 3. The molecule has 6 nitrogen and oxygen atoms in total. The number of aromatic amines is 1. The molecule has 0 aliphatic rings. The summed E-state index contributed by atoms with van der Waals surface area (Å²) in [7, 11) is 0. The maximum atomic E-state index is 12.7.